The molecule has 2 saturated heterocycles. The Hall–Kier alpha value is -1.86. The fourth-order valence-electron chi connectivity index (χ4n) is 3.49. The quantitative estimate of drug-likeness (QED) is 0.882. The maximum absolute atomic E-state index is 12.4. The van der Waals surface area contributed by atoms with Crippen LogP contribution in [0.1, 0.15) is 38.8 Å². The van der Waals surface area contributed by atoms with Gasteiger partial charge in [0.05, 0.1) is 32.5 Å². The molecule has 0 saturated carbocycles. The summed E-state index contributed by atoms with van der Waals surface area (Å²) in [6.45, 7) is 8.12. The number of likely N-dealkylation sites (tertiary alicyclic amines) is 1. The molecule has 3 heterocycles. The van der Waals surface area contributed by atoms with Gasteiger partial charge >= 0.3 is 6.09 Å². The highest BCUT2D eigenvalue weighted by Crippen LogP contribution is 2.40. The third-order valence-corrected chi connectivity index (χ3v) is 4.58. The first kappa shape index (κ1) is 17.9. The highest BCUT2D eigenvalue weighted by atomic mass is 16.6. The lowest BCUT2D eigenvalue weighted by Crippen LogP contribution is -2.54. The van der Waals surface area contributed by atoms with E-state index in [0.717, 1.165) is 18.5 Å². The van der Waals surface area contributed by atoms with Crippen LogP contribution in [-0.4, -0.2) is 60.5 Å². The van der Waals surface area contributed by atoms with Gasteiger partial charge < -0.3 is 24.4 Å². The molecule has 1 N–H and O–H groups in total. The van der Waals surface area contributed by atoms with Crippen LogP contribution >= 0.6 is 0 Å². The summed E-state index contributed by atoms with van der Waals surface area (Å²) in [4.78, 5) is 18.4. The van der Waals surface area contributed by atoms with Crippen LogP contribution in [0, 0.1) is 0 Å². The number of hydrogen-bond acceptors (Lipinski definition) is 6. The van der Waals surface area contributed by atoms with E-state index in [-0.39, 0.29) is 12.1 Å². The molecule has 2 atom stereocenters. The fraction of sp³-hybridized carbons (Fsp3) is 0.667. The summed E-state index contributed by atoms with van der Waals surface area (Å²) in [5.74, 6) is 0.710. The van der Waals surface area contributed by atoms with Crippen LogP contribution in [0.3, 0.4) is 0 Å². The first-order valence-corrected chi connectivity index (χ1v) is 8.67. The van der Waals surface area contributed by atoms with Crippen molar-refractivity contribution in [2.24, 2.45) is 0 Å². The fourth-order valence-corrected chi connectivity index (χ4v) is 3.49. The van der Waals surface area contributed by atoms with Gasteiger partial charge in [0.15, 0.2) is 0 Å². The zero-order valence-corrected chi connectivity index (χ0v) is 15.4. The highest BCUT2D eigenvalue weighted by Gasteiger charge is 2.50. The van der Waals surface area contributed by atoms with Crippen LogP contribution in [-0.2, 0) is 9.47 Å². The maximum Gasteiger partial charge on any atom is 0.410 e. The van der Waals surface area contributed by atoms with E-state index in [1.165, 1.54) is 0 Å². The van der Waals surface area contributed by atoms with E-state index >= 15 is 0 Å². The molecule has 3 rings (SSSR count). The third kappa shape index (κ3) is 3.88. The van der Waals surface area contributed by atoms with E-state index in [4.69, 9.17) is 14.2 Å². The molecule has 0 bridgehead atoms. The predicted octanol–water partition coefficient (Wildman–Crippen LogP) is 2.13. The van der Waals surface area contributed by atoms with Gasteiger partial charge in [-0.1, -0.05) is 0 Å². The van der Waals surface area contributed by atoms with E-state index in [0.29, 0.717) is 25.4 Å². The van der Waals surface area contributed by atoms with Gasteiger partial charge in [-0.3, -0.25) is 4.98 Å². The van der Waals surface area contributed by atoms with Gasteiger partial charge in [0.1, 0.15) is 17.0 Å². The van der Waals surface area contributed by atoms with Crippen molar-refractivity contribution in [3.8, 4) is 5.75 Å². The Bertz CT molecular complexity index is 631. The van der Waals surface area contributed by atoms with Crippen LogP contribution in [0.25, 0.3) is 0 Å². The number of nitrogens with one attached hydrogen (secondary N) is 1. The predicted molar refractivity (Wildman–Crippen MR) is 92.6 cm³/mol. The molecule has 1 aromatic heterocycles. The average molecular weight is 349 g/mol. The second-order valence-electron chi connectivity index (χ2n) is 7.61. The molecule has 0 aromatic carbocycles. The minimum Gasteiger partial charge on any atom is -0.495 e. The molecule has 7 nitrogen and oxygen atoms in total. The van der Waals surface area contributed by atoms with E-state index in [2.05, 4.69) is 10.3 Å². The number of pyridine rings is 1. The Balaban J connectivity index is 1.80. The normalized spacial score (nSPS) is 26.7. The van der Waals surface area contributed by atoms with Gasteiger partial charge in [0.2, 0.25) is 0 Å². The van der Waals surface area contributed by atoms with Crippen molar-refractivity contribution in [1.29, 1.82) is 0 Å². The maximum atomic E-state index is 12.4. The van der Waals surface area contributed by atoms with Crippen molar-refractivity contribution in [2.75, 3.05) is 33.4 Å². The molecule has 0 radical (unpaired) electrons. The first-order chi connectivity index (χ1) is 11.8. The molecule has 1 amide bonds. The summed E-state index contributed by atoms with van der Waals surface area (Å²) in [6.07, 6.45) is 3.97. The molecular weight excluding hydrogens is 322 g/mol. The Morgan fingerprint density at radius 2 is 2.24 bits per heavy atom. The first-order valence-electron chi connectivity index (χ1n) is 8.67. The molecular formula is C18H27N3O4. The molecule has 0 aliphatic carbocycles. The molecule has 2 unspecified atom stereocenters. The monoisotopic (exact) mass is 349 g/mol. The van der Waals surface area contributed by atoms with Gasteiger partial charge in [-0.15, -0.1) is 0 Å². The molecule has 138 valence electrons. The SMILES string of the molecule is COc1cncc(C2NCCOC23CCN(C(=O)OC(C)(C)C)C3)c1. The topological polar surface area (TPSA) is 72.9 Å². The summed E-state index contributed by atoms with van der Waals surface area (Å²) in [5.41, 5.74) is 0.0303. The van der Waals surface area contributed by atoms with Gasteiger partial charge in [-0.25, -0.2) is 4.79 Å². The van der Waals surface area contributed by atoms with Crippen LogP contribution in [0.15, 0.2) is 18.5 Å². The van der Waals surface area contributed by atoms with E-state index in [1.54, 1.807) is 18.2 Å². The van der Waals surface area contributed by atoms with Crippen LogP contribution in [0.4, 0.5) is 4.79 Å². The number of hydrogen-bond donors (Lipinski definition) is 1. The van der Waals surface area contributed by atoms with Crippen LogP contribution in [0.2, 0.25) is 0 Å². The average Bonchev–Trinajstić information content (AvgIpc) is 2.98. The molecule has 1 spiro atoms. The Kier molecular flexibility index (Phi) is 4.88. The van der Waals surface area contributed by atoms with E-state index in [1.807, 2.05) is 33.0 Å². The Labute approximate surface area is 148 Å². The number of methoxy groups -OCH3 is 1. The molecule has 25 heavy (non-hydrogen) atoms. The molecule has 2 aliphatic heterocycles. The van der Waals surface area contributed by atoms with Gasteiger partial charge in [0, 0.05) is 19.3 Å². The van der Waals surface area contributed by atoms with Gasteiger partial charge in [-0.05, 0) is 38.8 Å². The smallest absolute Gasteiger partial charge is 0.410 e. The number of carbonyl (C=O) groups is 1. The van der Waals surface area contributed by atoms with Gasteiger partial charge in [-0.2, -0.15) is 0 Å². The molecule has 2 aliphatic rings. The summed E-state index contributed by atoms with van der Waals surface area (Å²) in [6, 6.07) is 1.92. The van der Waals surface area contributed by atoms with Crippen molar-refractivity contribution < 1.29 is 19.0 Å². The lowest BCUT2D eigenvalue weighted by atomic mass is 9.87. The number of carbonyl (C=O) groups excluding carboxylic acids is 1. The second-order valence-corrected chi connectivity index (χ2v) is 7.61. The molecule has 1 aromatic rings. The largest absolute Gasteiger partial charge is 0.495 e. The standard InChI is InChI=1S/C18H27N3O4/c1-17(2,3)25-16(22)21-7-5-18(12-21)15(20-6-8-24-18)13-9-14(23-4)11-19-10-13/h9-11,15,20H,5-8,12H2,1-4H3. The summed E-state index contributed by atoms with van der Waals surface area (Å²) >= 11 is 0. The summed E-state index contributed by atoms with van der Waals surface area (Å²) in [7, 11) is 1.63. The number of nitrogens with zero attached hydrogens (tertiary/aromatic N) is 2. The number of ether oxygens (including phenoxy) is 3. The lowest BCUT2D eigenvalue weighted by Gasteiger charge is -2.42. The van der Waals surface area contributed by atoms with E-state index in [9.17, 15) is 4.79 Å². The third-order valence-electron chi connectivity index (χ3n) is 4.58. The zero-order valence-electron chi connectivity index (χ0n) is 15.4. The second kappa shape index (κ2) is 6.80. The summed E-state index contributed by atoms with van der Waals surface area (Å²) in [5, 5.41) is 3.53. The Morgan fingerprint density at radius 1 is 1.44 bits per heavy atom. The van der Waals surface area contributed by atoms with Crippen LogP contribution < -0.4 is 10.1 Å². The van der Waals surface area contributed by atoms with Crippen LogP contribution in [0.5, 0.6) is 5.75 Å². The molecule has 7 heteroatoms. The highest BCUT2D eigenvalue weighted by molar-refractivity contribution is 5.68. The summed E-state index contributed by atoms with van der Waals surface area (Å²) < 4.78 is 17.0. The zero-order chi connectivity index (χ0) is 18.1. The molecule has 2 fully saturated rings. The number of amides is 1. The number of aromatic nitrogens is 1. The minimum atomic E-state index is -0.505. The van der Waals surface area contributed by atoms with Crippen molar-refractivity contribution in [2.45, 2.75) is 44.4 Å². The minimum absolute atomic E-state index is 0.0451. The van der Waals surface area contributed by atoms with Crippen molar-refractivity contribution in [3.63, 3.8) is 0 Å². The number of morpholine rings is 1. The van der Waals surface area contributed by atoms with E-state index < -0.39 is 11.2 Å². The van der Waals surface area contributed by atoms with Crippen molar-refractivity contribution in [3.05, 3.63) is 24.0 Å². The van der Waals surface area contributed by atoms with Gasteiger partial charge in [0.25, 0.3) is 0 Å². The number of rotatable bonds is 2. The van der Waals surface area contributed by atoms with Crippen molar-refractivity contribution in [1.82, 2.24) is 15.2 Å². The Morgan fingerprint density at radius 3 is 2.96 bits per heavy atom. The lowest BCUT2D eigenvalue weighted by molar-refractivity contribution is -0.0903. The van der Waals surface area contributed by atoms with Crippen molar-refractivity contribution >= 4 is 6.09 Å².